The summed E-state index contributed by atoms with van der Waals surface area (Å²) in [6, 6.07) is 11.0. The maximum absolute atomic E-state index is 14.4. The highest BCUT2D eigenvalue weighted by molar-refractivity contribution is 6.07. The first-order valence-corrected chi connectivity index (χ1v) is 8.90. The standard InChI is InChI=1S/C21H18FN3O/c1-12-18(26)8-9-21(10-13-4-2-3-5-16(13)22)11-15-14(19(12)21)6-7-17-20(15)24-25-23-17/h2-7H,8-11H2,1H3,(H,23,24,25). The Morgan fingerprint density at radius 2 is 2.08 bits per heavy atom. The minimum absolute atomic E-state index is 0.182. The van der Waals surface area contributed by atoms with Crippen LogP contribution in [0.25, 0.3) is 16.6 Å². The summed E-state index contributed by atoms with van der Waals surface area (Å²) in [5.41, 5.74) is 6.30. The molecule has 2 aromatic carbocycles. The predicted molar refractivity (Wildman–Crippen MR) is 97.0 cm³/mol. The number of nitrogens with zero attached hydrogens (tertiary/aromatic N) is 2. The maximum Gasteiger partial charge on any atom is 0.158 e. The maximum atomic E-state index is 14.4. The van der Waals surface area contributed by atoms with E-state index in [1.807, 2.05) is 25.1 Å². The molecule has 26 heavy (non-hydrogen) atoms. The number of carbonyl (C=O) groups is 1. The summed E-state index contributed by atoms with van der Waals surface area (Å²) in [7, 11) is 0. The molecule has 0 radical (unpaired) electrons. The van der Waals surface area contributed by atoms with Gasteiger partial charge in [0.05, 0.1) is 5.52 Å². The number of H-pyrrole nitrogens is 1. The van der Waals surface area contributed by atoms with Gasteiger partial charge >= 0.3 is 0 Å². The highest BCUT2D eigenvalue weighted by Gasteiger charge is 2.47. The lowest BCUT2D eigenvalue weighted by atomic mass is 9.67. The Balaban J connectivity index is 1.74. The van der Waals surface area contributed by atoms with E-state index >= 15 is 0 Å². The molecule has 0 saturated carbocycles. The van der Waals surface area contributed by atoms with Gasteiger partial charge in [0.15, 0.2) is 5.78 Å². The first-order chi connectivity index (χ1) is 12.6. The quantitative estimate of drug-likeness (QED) is 0.762. The van der Waals surface area contributed by atoms with Crippen LogP contribution in [-0.4, -0.2) is 21.2 Å². The van der Waals surface area contributed by atoms with Crippen LogP contribution in [0.4, 0.5) is 4.39 Å². The summed E-state index contributed by atoms with van der Waals surface area (Å²) >= 11 is 0. The van der Waals surface area contributed by atoms with Crippen molar-refractivity contribution in [2.24, 2.45) is 5.41 Å². The van der Waals surface area contributed by atoms with Crippen molar-refractivity contribution in [3.63, 3.8) is 0 Å². The van der Waals surface area contributed by atoms with Crippen molar-refractivity contribution in [2.75, 3.05) is 0 Å². The number of hydrogen-bond donors (Lipinski definition) is 1. The van der Waals surface area contributed by atoms with Crippen LogP contribution >= 0.6 is 0 Å². The average Bonchev–Trinajstić information content (AvgIpc) is 3.23. The lowest BCUT2D eigenvalue weighted by Crippen LogP contribution is -2.30. The second-order valence-corrected chi connectivity index (χ2v) is 7.45. The summed E-state index contributed by atoms with van der Waals surface area (Å²) in [6.45, 7) is 1.91. The number of allylic oxidation sites excluding steroid dienone is 2. The third kappa shape index (κ3) is 2.03. The molecule has 1 aromatic heterocycles. The number of aromatic amines is 1. The summed E-state index contributed by atoms with van der Waals surface area (Å²) in [4.78, 5) is 12.5. The zero-order valence-electron chi connectivity index (χ0n) is 14.5. The summed E-state index contributed by atoms with van der Waals surface area (Å²) in [5.74, 6) is 0.00979. The number of aromatic nitrogens is 3. The fourth-order valence-electron chi connectivity index (χ4n) is 4.83. The minimum Gasteiger partial charge on any atom is -0.295 e. The van der Waals surface area contributed by atoms with Gasteiger partial charge in [0.2, 0.25) is 0 Å². The molecular weight excluding hydrogens is 329 g/mol. The SMILES string of the molecule is CC1=C2c3ccc4[nH]nnc4c3CC2(Cc2ccccc2F)CCC1=O. The number of carbonyl (C=O) groups excluding carboxylic acids is 1. The number of Topliss-reactive ketones (excluding diaryl/α,β-unsaturated/α-hetero) is 1. The number of nitrogens with one attached hydrogen (secondary N) is 1. The summed E-state index contributed by atoms with van der Waals surface area (Å²) in [5, 5.41) is 11.1. The molecule has 1 unspecified atom stereocenters. The number of halogens is 1. The third-order valence-electron chi connectivity index (χ3n) is 6.03. The highest BCUT2D eigenvalue weighted by Crippen LogP contribution is 2.56. The molecule has 2 aliphatic carbocycles. The van der Waals surface area contributed by atoms with Gasteiger partial charge in [0.25, 0.3) is 0 Å². The van der Waals surface area contributed by atoms with Crippen LogP contribution in [0.1, 0.15) is 36.5 Å². The smallest absolute Gasteiger partial charge is 0.158 e. The average molecular weight is 347 g/mol. The van der Waals surface area contributed by atoms with Crippen LogP contribution in [-0.2, 0) is 17.6 Å². The molecule has 130 valence electrons. The van der Waals surface area contributed by atoms with E-state index in [1.165, 1.54) is 6.07 Å². The number of fused-ring (bicyclic) bond motifs is 5. The molecule has 5 heteroatoms. The minimum atomic E-state index is -0.254. The van der Waals surface area contributed by atoms with Gasteiger partial charge in [-0.25, -0.2) is 4.39 Å². The molecule has 1 atom stereocenters. The van der Waals surface area contributed by atoms with E-state index in [4.69, 9.17) is 0 Å². The van der Waals surface area contributed by atoms with Gasteiger partial charge in [-0.3, -0.25) is 9.89 Å². The van der Waals surface area contributed by atoms with Crippen LogP contribution in [0.3, 0.4) is 0 Å². The Kier molecular flexibility index (Phi) is 3.17. The van der Waals surface area contributed by atoms with Crippen molar-refractivity contribution in [3.8, 4) is 0 Å². The molecule has 4 nitrogen and oxygen atoms in total. The van der Waals surface area contributed by atoms with Gasteiger partial charge in [0.1, 0.15) is 11.3 Å². The van der Waals surface area contributed by atoms with Gasteiger partial charge in [-0.15, -0.1) is 5.10 Å². The van der Waals surface area contributed by atoms with E-state index in [9.17, 15) is 9.18 Å². The van der Waals surface area contributed by atoms with Crippen molar-refractivity contribution < 1.29 is 9.18 Å². The second-order valence-electron chi connectivity index (χ2n) is 7.45. The molecule has 0 spiro atoms. The predicted octanol–water partition coefficient (Wildman–Crippen LogP) is 4.02. The Morgan fingerprint density at radius 3 is 2.92 bits per heavy atom. The third-order valence-corrected chi connectivity index (χ3v) is 6.03. The Hall–Kier alpha value is -2.82. The lowest BCUT2D eigenvalue weighted by molar-refractivity contribution is -0.116. The molecule has 0 saturated heterocycles. The number of rotatable bonds is 2. The Labute approximate surface area is 150 Å². The van der Waals surface area contributed by atoms with E-state index in [-0.39, 0.29) is 17.0 Å². The van der Waals surface area contributed by atoms with Gasteiger partial charge in [-0.1, -0.05) is 29.5 Å². The van der Waals surface area contributed by atoms with Crippen LogP contribution < -0.4 is 0 Å². The van der Waals surface area contributed by atoms with Gasteiger partial charge in [-0.2, -0.15) is 0 Å². The molecule has 1 N–H and O–H groups in total. The molecule has 2 aliphatic rings. The fourth-order valence-corrected chi connectivity index (χ4v) is 4.83. The molecule has 0 amide bonds. The van der Waals surface area contributed by atoms with Gasteiger partial charge in [-0.05, 0) is 66.2 Å². The Morgan fingerprint density at radius 1 is 1.23 bits per heavy atom. The van der Waals surface area contributed by atoms with Crippen molar-refractivity contribution >= 4 is 22.4 Å². The van der Waals surface area contributed by atoms with Crippen LogP contribution in [0, 0.1) is 11.2 Å². The number of ketones is 1. The van der Waals surface area contributed by atoms with Crippen molar-refractivity contribution in [1.29, 1.82) is 0 Å². The number of hydrogen-bond acceptors (Lipinski definition) is 3. The summed E-state index contributed by atoms with van der Waals surface area (Å²) < 4.78 is 14.4. The van der Waals surface area contributed by atoms with Crippen LogP contribution in [0.2, 0.25) is 0 Å². The zero-order chi connectivity index (χ0) is 17.9. The molecule has 0 bridgehead atoms. The van der Waals surface area contributed by atoms with Gasteiger partial charge in [0, 0.05) is 11.8 Å². The molecule has 0 aliphatic heterocycles. The van der Waals surface area contributed by atoms with Crippen LogP contribution in [0.15, 0.2) is 42.0 Å². The second kappa shape index (κ2) is 5.34. The Bertz CT molecular complexity index is 1100. The monoisotopic (exact) mass is 347 g/mol. The van der Waals surface area contributed by atoms with Crippen LogP contribution in [0.5, 0.6) is 0 Å². The molecule has 1 heterocycles. The fraction of sp³-hybridized carbons (Fsp3) is 0.286. The highest BCUT2D eigenvalue weighted by atomic mass is 19.1. The van der Waals surface area contributed by atoms with E-state index in [0.29, 0.717) is 18.4 Å². The molecular formula is C21H18FN3O. The van der Waals surface area contributed by atoms with E-state index in [2.05, 4.69) is 21.5 Å². The van der Waals surface area contributed by atoms with Crippen molar-refractivity contribution in [2.45, 2.75) is 32.6 Å². The van der Waals surface area contributed by atoms with E-state index in [0.717, 1.165) is 46.1 Å². The topological polar surface area (TPSA) is 58.6 Å². The molecule has 0 fully saturated rings. The zero-order valence-corrected chi connectivity index (χ0v) is 14.5. The normalized spacial score (nSPS) is 22.0. The number of benzene rings is 2. The first kappa shape index (κ1) is 15.4. The van der Waals surface area contributed by atoms with E-state index in [1.54, 1.807) is 6.07 Å². The van der Waals surface area contributed by atoms with Gasteiger partial charge < -0.3 is 0 Å². The van der Waals surface area contributed by atoms with E-state index < -0.39 is 0 Å². The molecule has 5 rings (SSSR count). The summed E-state index contributed by atoms with van der Waals surface area (Å²) in [6.07, 6.45) is 2.61. The van der Waals surface area contributed by atoms with Crippen molar-refractivity contribution in [1.82, 2.24) is 15.4 Å². The van der Waals surface area contributed by atoms with Crippen molar-refractivity contribution in [3.05, 3.63) is 64.5 Å². The molecule has 3 aromatic rings. The first-order valence-electron chi connectivity index (χ1n) is 8.90. The lowest BCUT2D eigenvalue weighted by Gasteiger charge is -2.36. The largest absolute Gasteiger partial charge is 0.295 e.